The lowest BCUT2D eigenvalue weighted by atomic mass is 10.00. The third kappa shape index (κ3) is 1.53. The Balaban J connectivity index is 2.12. The average Bonchev–Trinajstić information content (AvgIpc) is 2.09. The van der Waals surface area contributed by atoms with Crippen molar-refractivity contribution in [3.05, 3.63) is 28.7 Å². The SMILES string of the molecule is Cn1ccc(N2CC(CN)C2)cc1=O. The van der Waals surface area contributed by atoms with E-state index < -0.39 is 0 Å². The van der Waals surface area contributed by atoms with E-state index in [2.05, 4.69) is 4.90 Å². The molecule has 2 heterocycles. The Labute approximate surface area is 82.9 Å². The number of pyridine rings is 1. The molecule has 2 N–H and O–H groups in total. The highest BCUT2D eigenvalue weighted by Crippen LogP contribution is 2.21. The zero-order valence-electron chi connectivity index (χ0n) is 8.31. The van der Waals surface area contributed by atoms with E-state index in [9.17, 15) is 4.79 Å². The lowest BCUT2D eigenvalue weighted by molar-refractivity contribution is 0.420. The van der Waals surface area contributed by atoms with Gasteiger partial charge in [-0.25, -0.2) is 0 Å². The van der Waals surface area contributed by atoms with Crippen molar-refractivity contribution < 1.29 is 0 Å². The van der Waals surface area contributed by atoms with Crippen LogP contribution in [0.25, 0.3) is 0 Å². The van der Waals surface area contributed by atoms with Crippen molar-refractivity contribution in [1.29, 1.82) is 0 Å². The van der Waals surface area contributed by atoms with Gasteiger partial charge in [0.15, 0.2) is 0 Å². The van der Waals surface area contributed by atoms with E-state index in [4.69, 9.17) is 5.73 Å². The molecule has 0 atom stereocenters. The Hall–Kier alpha value is -1.29. The van der Waals surface area contributed by atoms with Crippen LogP contribution < -0.4 is 16.2 Å². The smallest absolute Gasteiger partial charge is 0.252 e. The summed E-state index contributed by atoms with van der Waals surface area (Å²) < 4.78 is 1.57. The molecule has 1 fully saturated rings. The molecular weight excluding hydrogens is 178 g/mol. The molecule has 1 aliphatic heterocycles. The normalized spacial score (nSPS) is 16.9. The van der Waals surface area contributed by atoms with Crippen molar-refractivity contribution in [3.63, 3.8) is 0 Å². The first-order valence-electron chi connectivity index (χ1n) is 4.82. The quantitative estimate of drug-likeness (QED) is 0.706. The molecule has 0 aromatic carbocycles. The molecule has 14 heavy (non-hydrogen) atoms. The van der Waals surface area contributed by atoms with E-state index in [0.717, 1.165) is 25.3 Å². The summed E-state index contributed by atoms with van der Waals surface area (Å²) in [6, 6.07) is 3.64. The van der Waals surface area contributed by atoms with E-state index in [-0.39, 0.29) is 5.56 Å². The van der Waals surface area contributed by atoms with E-state index in [1.165, 1.54) is 0 Å². The van der Waals surface area contributed by atoms with Crippen molar-refractivity contribution in [1.82, 2.24) is 4.57 Å². The largest absolute Gasteiger partial charge is 0.371 e. The first kappa shape index (κ1) is 9.27. The van der Waals surface area contributed by atoms with E-state index in [1.807, 2.05) is 6.07 Å². The summed E-state index contributed by atoms with van der Waals surface area (Å²) in [7, 11) is 1.75. The standard InChI is InChI=1S/C10H15N3O/c1-12-3-2-9(4-10(12)14)13-6-8(5-11)7-13/h2-4,8H,5-7,11H2,1H3. The molecule has 0 aliphatic carbocycles. The molecule has 0 bridgehead atoms. The van der Waals surface area contributed by atoms with Gasteiger partial charge in [0, 0.05) is 44.0 Å². The van der Waals surface area contributed by atoms with Gasteiger partial charge in [-0.3, -0.25) is 4.79 Å². The monoisotopic (exact) mass is 193 g/mol. The van der Waals surface area contributed by atoms with Gasteiger partial charge in [0.25, 0.3) is 5.56 Å². The Bertz CT molecular complexity index is 379. The Morgan fingerprint density at radius 3 is 2.86 bits per heavy atom. The van der Waals surface area contributed by atoms with Gasteiger partial charge in [-0.2, -0.15) is 0 Å². The molecule has 76 valence electrons. The van der Waals surface area contributed by atoms with E-state index >= 15 is 0 Å². The maximum atomic E-state index is 11.3. The van der Waals surface area contributed by atoms with Crippen LogP contribution in [0.4, 0.5) is 5.69 Å². The predicted molar refractivity (Wildman–Crippen MR) is 56.4 cm³/mol. The highest BCUT2D eigenvalue weighted by atomic mass is 16.1. The number of hydrogen-bond donors (Lipinski definition) is 1. The molecule has 0 saturated carbocycles. The highest BCUT2D eigenvalue weighted by molar-refractivity contribution is 5.47. The second-order valence-corrected chi connectivity index (χ2v) is 3.84. The van der Waals surface area contributed by atoms with Crippen LogP contribution >= 0.6 is 0 Å². The van der Waals surface area contributed by atoms with Crippen molar-refractivity contribution >= 4 is 5.69 Å². The summed E-state index contributed by atoms with van der Waals surface area (Å²) in [6.45, 7) is 2.69. The van der Waals surface area contributed by atoms with Crippen molar-refractivity contribution in [2.45, 2.75) is 0 Å². The van der Waals surface area contributed by atoms with Crippen LogP contribution in [0.1, 0.15) is 0 Å². The van der Waals surface area contributed by atoms with Gasteiger partial charge in [0.1, 0.15) is 0 Å². The van der Waals surface area contributed by atoms with Crippen molar-refractivity contribution in [2.75, 3.05) is 24.5 Å². The van der Waals surface area contributed by atoms with Gasteiger partial charge >= 0.3 is 0 Å². The molecule has 0 amide bonds. The molecule has 2 rings (SSSR count). The van der Waals surface area contributed by atoms with Gasteiger partial charge in [-0.1, -0.05) is 0 Å². The minimum atomic E-state index is 0.0405. The third-order valence-corrected chi connectivity index (χ3v) is 2.74. The minimum absolute atomic E-state index is 0.0405. The molecule has 1 aromatic heterocycles. The Kier molecular flexibility index (Phi) is 2.29. The third-order valence-electron chi connectivity index (χ3n) is 2.74. The van der Waals surface area contributed by atoms with Crippen LogP contribution in [0, 0.1) is 5.92 Å². The molecular formula is C10H15N3O. The summed E-state index contributed by atoms with van der Waals surface area (Å²) in [5.41, 5.74) is 6.59. The summed E-state index contributed by atoms with van der Waals surface area (Å²) >= 11 is 0. The maximum Gasteiger partial charge on any atom is 0.252 e. The Morgan fingerprint density at radius 1 is 1.57 bits per heavy atom. The number of aromatic nitrogens is 1. The summed E-state index contributed by atoms with van der Waals surface area (Å²) in [5, 5.41) is 0. The molecule has 1 aromatic rings. The second-order valence-electron chi connectivity index (χ2n) is 3.84. The Morgan fingerprint density at radius 2 is 2.29 bits per heavy atom. The highest BCUT2D eigenvalue weighted by Gasteiger charge is 2.25. The van der Waals surface area contributed by atoms with Gasteiger partial charge in [0.2, 0.25) is 0 Å². The number of nitrogens with zero attached hydrogens (tertiary/aromatic N) is 2. The lowest BCUT2D eigenvalue weighted by Crippen LogP contribution is -2.50. The lowest BCUT2D eigenvalue weighted by Gasteiger charge is -2.40. The fourth-order valence-corrected chi connectivity index (χ4v) is 1.66. The summed E-state index contributed by atoms with van der Waals surface area (Å²) in [6.07, 6.45) is 1.80. The van der Waals surface area contributed by atoms with Crippen LogP contribution in [0.2, 0.25) is 0 Å². The number of rotatable bonds is 2. The maximum absolute atomic E-state index is 11.3. The first-order chi connectivity index (χ1) is 6.70. The molecule has 4 nitrogen and oxygen atoms in total. The molecule has 1 saturated heterocycles. The first-order valence-corrected chi connectivity index (χ1v) is 4.82. The minimum Gasteiger partial charge on any atom is -0.371 e. The fourth-order valence-electron chi connectivity index (χ4n) is 1.66. The summed E-state index contributed by atoms with van der Waals surface area (Å²) in [5.74, 6) is 0.596. The number of anilines is 1. The molecule has 4 heteroatoms. The van der Waals surface area contributed by atoms with E-state index in [1.54, 1.807) is 23.9 Å². The average molecular weight is 193 g/mol. The summed E-state index contributed by atoms with van der Waals surface area (Å²) in [4.78, 5) is 13.5. The molecule has 0 radical (unpaired) electrons. The van der Waals surface area contributed by atoms with Gasteiger partial charge in [-0.15, -0.1) is 0 Å². The van der Waals surface area contributed by atoms with Gasteiger partial charge < -0.3 is 15.2 Å². The zero-order chi connectivity index (χ0) is 10.1. The van der Waals surface area contributed by atoms with Crippen LogP contribution in [0.3, 0.4) is 0 Å². The van der Waals surface area contributed by atoms with Gasteiger partial charge in [0.05, 0.1) is 0 Å². The number of aryl methyl sites for hydroxylation is 1. The molecule has 0 unspecified atom stereocenters. The fraction of sp³-hybridized carbons (Fsp3) is 0.500. The topological polar surface area (TPSA) is 51.3 Å². The van der Waals surface area contributed by atoms with Crippen LogP contribution in [-0.4, -0.2) is 24.2 Å². The second kappa shape index (κ2) is 3.46. The number of nitrogens with two attached hydrogens (primary N) is 1. The zero-order valence-corrected chi connectivity index (χ0v) is 8.31. The predicted octanol–water partition coefficient (Wildman–Crippen LogP) is -0.220. The van der Waals surface area contributed by atoms with Crippen LogP contribution in [-0.2, 0) is 7.05 Å². The van der Waals surface area contributed by atoms with Crippen LogP contribution in [0.5, 0.6) is 0 Å². The number of hydrogen-bond acceptors (Lipinski definition) is 3. The molecule has 0 spiro atoms. The van der Waals surface area contributed by atoms with Crippen molar-refractivity contribution in [3.8, 4) is 0 Å². The molecule has 1 aliphatic rings. The van der Waals surface area contributed by atoms with E-state index in [0.29, 0.717) is 5.92 Å². The van der Waals surface area contributed by atoms with Crippen LogP contribution in [0.15, 0.2) is 23.1 Å². The van der Waals surface area contributed by atoms with Crippen molar-refractivity contribution in [2.24, 2.45) is 18.7 Å². The van der Waals surface area contributed by atoms with Gasteiger partial charge in [-0.05, 0) is 12.6 Å².